The number of halogens is 1. The first-order chi connectivity index (χ1) is 10.7. The van der Waals surface area contributed by atoms with Gasteiger partial charge in [0.15, 0.2) is 0 Å². The van der Waals surface area contributed by atoms with Crippen molar-refractivity contribution in [3.05, 3.63) is 15.8 Å². The van der Waals surface area contributed by atoms with Gasteiger partial charge < -0.3 is 19.7 Å². The van der Waals surface area contributed by atoms with Crippen LogP contribution in [0.25, 0.3) is 0 Å². The molecule has 3 rings (SSSR count). The predicted octanol–water partition coefficient (Wildman–Crippen LogP) is 3.45. The van der Waals surface area contributed by atoms with E-state index >= 15 is 0 Å². The Balaban J connectivity index is 1.72. The molecule has 1 aromatic heterocycles. The van der Waals surface area contributed by atoms with E-state index in [4.69, 9.17) is 21.1 Å². The lowest BCUT2D eigenvalue weighted by molar-refractivity contribution is -0.0379. The second-order valence-electron chi connectivity index (χ2n) is 5.74. The minimum Gasteiger partial charge on any atom is -0.381 e. The Hall–Kier alpha value is -0.820. The quantitative estimate of drug-likeness (QED) is 0.913. The average molecular weight is 345 g/mol. The highest BCUT2D eigenvalue weighted by atomic mass is 35.5. The van der Waals surface area contributed by atoms with Crippen LogP contribution in [0.15, 0.2) is 11.4 Å². The zero-order valence-corrected chi connectivity index (χ0v) is 14.2. The van der Waals surface area contributed by atoms with Gasteiger partial charge in [-0.1, -0.05) is 18.0 Å². The molecule has 0 bridgehead atoms. The fourth-order valence-corrected chi connectivity index (χ4v) is 4.32. The van der Waals surface area contributed by atoms with Gasteiger partial charge in [0.2, 0.25) is 0 Å². The molecular formula is C15H21ClN2O3S. The van der Waals surface area contributed by atoms with Crippen molar-refractivity contribution < 1.29 is 14.3 Å². The molecule has 3 atom stereocenters. The first-order valence-corrected chi connectivity index (χ1v) is 8.87. The lowest BCUT2D eigenvalue weighted by Gasteiger charge is -2.40. The van der Waals surface area contributed by atoms with Crippen molar-refractivity contribution in [2.45, 2.75) is 31.4 Å². The number of methoxy groups -OCH3 is 1. The Morgan fingerprint density at radius 2 is 2.41 bits per heavy atom. The maximum Gasteiger partial charge on any atom is 0.322 e. The van der Waals surface area contributed by atoms with Gasteiger partial charge in [0.1, 0.15) is 4.34 Å². The van der Waals surface area contributed by atoms with Gasteiger partial charge >= 0.3 is 6.03 Å². The maximum atomic E-state index is 12.6. The van der Waals surface area contributed by atoms with Gasteiger partial charge in [-0.25, -0.2) is 4.79 Å². The minimum absolute atomic E-state index is 0.0682. The molecule has 2 aliphatic rings. The van der Waals surface area contributed by atoms with Crippen LogP contribution in [0.5, 0.6) is 0 Å². The summed E-state index contributed by atoms with van der Waals surface area (Å²) in [6.07, 6.45) is 3.50. The summed E-state index contributed by atoms with van der Waals surface area (Å²) < 4.78 is 11.8. The third-order valence-electron chi connectivity index (χ3n) is 4.59. The first-order valence-electron chi connectivity index (χ1n) is 7.62. The van der Waals surface area contributed by atoms with E-state index in [1.165, 1.54) is 11.3 Å². The monoisotopic (exact) mass is 344 g/mol. The van der Waals surface area contributed by atoms with Crippen molar-refractivity contribution in [2.75, 3.05) is 32.2 Å². The summed E-state index contributed by atoms with van der Waals surface area (Å²) in [4.78, 5) is 14.5. The molecule has 7 heteroatoms. The van der Waals surface area contributed by atoms with Gasteiger partial charge in [-0.15, -0.1) is 11.3 Å². The molecule has 1 aliphatic carbocycles. The summed E-state index contributed by atoms with van der Waals surface area (Å²) in [5, 5.41) is 4.78. The molecule has 1 saturated heterocycles. The van der Waals surface area contributed by atoms with Crippen LogP contribution < -0.4 is 5.32 Å². The van der Waals surface area contributed by atoms with Gasteiger partial charge in [-0.05, 0) is 24.3 Å². The number of carbonyl (C=O) groups is 1. The number of morpholine rings is 1. The van der Waals surface area contributed by atoms with Crippen molar-refractivity contribution in [2.24, 2.45) is 5.92 Å². The van der Waals surface area contributed by atoms with E-state index in [1.54, 1.807) is 7.11 Å². The van der Waals surface area contributed by atoms with E-state index in [-0.39, 0.29) is 18.2 Å². The first kappa shape index (κ1) is 16.1. The van der Waals surface area contributed by atoms with Gasteiger partial charge in [0.05, 0.1) is 31.0 Å². The fourth-order valence-electron chi connectivity index (χ4n) is 3.49. The average Bonchev–Trinajstić information content (AvgIpc) is 3.16. The van der Waals surface area contributed by atoms with Crippen LogP contribution >= 0.6 is 22.9 Å². The summed E-state index contributed by atoms with van der Waals surface area (Å²) in [6, 6.07) is 1.79. The van der Waals surface area contributed by atoms with Crippen LogP contribution in [0.4, 0.5) is 10.5 Å². The van der Waals surface area contributed by atoms with Crippen LogP contribution in [0.3, 0.4) is 0 Å². The largest absolute Gasteiger partial charge is 0.381 e. The van der Waals surface area contributed by atoms with E-state index in [0.717, 1.165) is 19.3 Å². The molecule has 1 aliphatic heterocycles. The Kier molecular flexibility index (Phi) is 5.23. The highest BCUT2D eigenvalue weighted by Gasteiger charge is 2.40. The van der Waals surface area contributed by atoms with Crippen LogP contribution in [-0.2, 0) is 9.47 Å². The van der Waals surface area contributed by atoms with Gasteiger partial charge in [0.25, 0.3) is 0 Å². The number of urea groups is 1. The van der Waals surface area contributed by atoms with Crippen LogP contribution in [0.1, 0.15) is 19.3 Å². The molecule has 1 saturated carbocycles. The molecule has 22 heavy (non-hydrogen) atoms. The molecular weight excluding hydrogens is 324 g/mol. The van der Waals surface area contributed by atoms with Gasteiger partial charge in [-0.3, -0.25) is 0 Å². The van der Waals surface area contributed by atoms with Gasteiger partial charge in [-0.2, -0.15) is 0 Å². The van der Waals surface area contributed by atoms with Crippen molar-refractivity contribution >= 4 is 34.7 Å². The molecule has 0 spiro atoms. The minimum atomic E-state index is -0.102. The van der Waals surface area contributed by atoms with Crippen molar-refractivity contribution in [1.82, 2.24) is 4.90 Å². The molecule has 2 fully saturated rings. The second kappa shape index (κ2) is 7.17. The molecule has 2 amide bonds. The number of carbonyl (C=O) groups excluding carboxylic acids is 1. The predicted molar refractivity (Wildman–Crippen MR) is 87.8 cm³/mol. The summed E-state index contributed by atoms with van der Waals surface area (Å²) in [5.74, 6) is 0.342. The highest BCUT2D eigenvalue weighted by molar-refractivity contribution is 7.15. The van der Waals surface area contributed by atoms with Crippen molar-refractivity contribution in [1.29, 1.82) is 0 Å². The van der Waals surface area contributed by atoms with E-state index < -0.39 is 0 Å². The van der Waals surface area contributed by atoms with E-state index in [9.17, 15) is 4.79 Å². The third-order valence-corrected chi connectivity index (χ3v) is 5.76. The molecule has 122 valence electrons. The molecule has 0 radical (unpaired) electrons. The number of hydrogen-bond donors (Lipinski definition) is 1. The van der Waals surface area contributed by atoms with E-state index in [0.29, 0.717) is 35.7 Å². The number of nitrogens with one attached hydrogen (secondary N) is 1. The fraction of sp³-hybridized carbons (Fsp3) is 0.667. The molecule has 5 nitrogen and oxygen atoms in total. The Morgan fingerprint density at radius 3 is 3.14 bits per heavy atom. The van der Waals surface area contributed by atoms with Crippen LogP contribution in [-0.4, -0.2) is 49.9 Å². The maximum absolute atomic E-state index is 12.6. The number of rotatable bonds is 3. The summed E-state index contributed by atoms with van der Waals surface area (Å²) >= 11 is 7.48. The summed E-state index contributed by atoms with van der Waals surface area (Å²) in [6.45, 7) is 1.76. The lowest BCUT2D eigenvalue weighted by Crippen LogP contribution is -2.55. The van der Waals surface area contributed by atoms with E-state index in [2.05, 4.69) is 5.32 Å². The molecule has 2 heterocycles. The molecule has 1 aromatic rings. The van der Waals surface area contributed by atoms with Crippen molar-refractivity contribution in [3.8, 4) is 0 Å². The standard InChI is InChI=1S/C15H21ClN2O3S/c1-20-13-4-2-3-10(13)12-9-21-7-6-18(12)15(19)17-11-5-8-22-14(11)16/h5,8,10,12-13H,2-4,6-7,9H2,1H3,(H,17,19)/t10-,12-,13-/m1/s1. The molecule has 1 N–H and O–H groups in total. The molecule has 0 aromatic carbocycles. The van der Waals surface area contributed by atoms with Crippen LogP contribution in [0.2, 0.25) is 4.34 Å². The number of anilines is 1. The van der Waals surface area contributed by atoms with Crippen molar-refractivity contribution in [3.63, 3.8) is 0 Å². The SMILES string of the molecule is CO[C@@H]1CCC[C@@H]1[C@H]1COCCN1C(=O)Nc1ccsc1Cl. The summed E-state index contributed by atoms with van der Waals surface area (Å²) in [7, 11) is 1.75. The number of nitrogens with zero attached hydrogens (tertiary/aromatic N) is 1. The number of ether oxygens (including phenoxy) is 2. The normalized spacial score (nSPS) is 28.8. The third kappa shape index (κ3) is 3.25. The number of hydrogen-bond acceptors (Lipinski definition) is 4. The Bertz CT molecular complexity index is 525. The van der Waals surface area contributed by atoms with Crippen LogP contribution in [0, 0.1) is 5.92 Å². The lowest BCUT2D eigenvalue weighted by atomic mass is 9.94. The zero-order valence-electron chi connectivity index (χ0n) is 12.6. The van der Waals surface area contributed by atoms with Gasteiger partial charge in [0, 0.05) is 19.6 Å². The topological polar surface area (TPSA) is 50.8 Å². The Morgan fingerprint density at radius 1 is 1.55 bits per heavy atom. The second-order valence-corrected chi connectivity index (χ2v) is 7.26. The Labute approximate surface area is 139 Å². The zero-order chi connectivity index (χ0) is 15.5. The highest BCUT2D eigenvalue weighted by Crippen LogP contribution is 2.34. The number of amides is 2. The number of thiophene rings is 1. The smallest absolute Gasteiger partial charge is 0.322 e. The van der Waals surface area contributed by atoms with E-state index in [1.807, 2.05) is 16.3 Å². The molecule has 0 unspecified atom stereocenters. The summed E-state index contributed by atoms with van der Waals surface area (Å²) in [5.41, 5.74) is 0.677.